The monoisotopic (exact) mass is 201 g/mol. The minimum Gasteiger partial charge on any atom is -0.381 e. The van der Waals surface area contributed by atoms with Gasteiger partial charge in [0.2, 0.25) is 0 Å². The van der Waals surface area contributed by atoms with E-state index < -0.39 is 0 Å². The van der Waals surface area contributed by atoms with Gasteiger partial charge in [-0.15, -0.1) is 0 Å². The average Bonchev–Trinajstić information content (AvgIpc) is 2.20. The summed E-state index contributed by atoms with van der Waals surface area (Å²) in [6.45, 7) is 9.56. The zero-order valence-corrected chi connectivity index (χ0v) is 10.1. The van der Waals surface area contributed by atoms with Crippen molar-refractivity contribution in [3.63, 3.8) is 0 Å². The van der Waals surface area contributed by atoms with E-state index in [0.29, 0.717) is 6.04 Å². The zero-order chi connectivity index (χ0) is 10.6. The van der Waals surface area contributed by atoms with Crippen molar-refractivity contribution in [1.29, 1.82) is 0 Å². The molecule has 0 rings (SSSR count). The summed E-state index contributed by atoms with van der Waals surface area (Å²) < 4.78 is 5.41. The minimum atomic E-state index is 0.668. The van der Waals surface area contributed by atoms with E-state index in [1.54, 1.807) is 0 Å². The Morgan fingerprint density at radius 1 is 1.07 bits per heavy atom. The van der Waals surface area contributed by atoms with Crippen molar-refractivity contribution in [3.05, 3.63) is 0 Å². The fourth-order valence-electron chi connectivity index (χ4n) is 1.38. The van der Waals surface area contributed by atoms with Gasteiger partial charge in [0.1, 0.15) is 0 Å². The molecule has 0 aliphatic heterocycles. The molecule has 0 aromatic rings. The van der Waals surface area contributed by atoms with Crippen LogP contribution >= 0.6 is 0 Å². The zero-order valence-electron chi connectivity index (χ0n) is 10.1. The smallest absolute Gasteiger partial charge is 0.0478 e. The lowest BCUT2D eigenvalue weighted by atomic mass is 10.1. The van der Waals surface area contributed by atoms with Crippen LogP contribution in [-0.2, 0) is 4.74 Å². The van der Waals surface area contributed by atoms with Crippen molar-refractivity contribution in [2.45, 2.75) is 58.9 Å². The third-order valence-corrected chi connectivity index (χ3v) is 2.30. The van der Waals surface area contributed by atoms with Crippen LogP contribution in [0.1, 0.15) is 52.9 Å². The number of hydrogen-bond donors (Lipinski definition) is 1. The molecular weight excluding hydrogens is 174 g/mol. The summed E-state index contributed by atoms with van der Waals surface area (Å²) >= 11 is 0. The van der Waals surface area contributed by atoms with Gasteiger partial charge in [0.15, 0.2) is 0 Å². The van der Waals surface area contributed by atoms with Crippen molar-refractivity contribution < 1.29 is 4.74 Å². The predicted octanol–water partition coefficient (Wildman–Crippen LogP) is 2.97. The Balaban J connectivity index is 3.02. The largest absolute Gasteiger partial charge is 0.381 e. The first kappa shape index (κ1) is 13.9. The molecule has 1 unspecified atom stereocenters. The molecule has 0 radical (unpaired) electrons. The number of ether oxygens (including phenoxy) is 1. The quantitative estimate of drug-likeness (QED) is 0.549. The summed E-state index contributed by atoms with van der Waals surface area (Å²) in [4.78, 5) is 0. The van der Waals surface area contributed by atoms with Crippen LogP contribution in [0.15, 0.2) is 0 Å². The highest BCUT2D eigenvalue weighted by molar-refractivity contribution is 4.59. The Morgan fingerprint density at radius 2 is 1.86 bits per heavy atom. The molecule has 0 saturated heterocycles. The van der Waals surface area contributed by atoms with E-state index in [1.165, 1.54) is 19.3 Å². The average molecular weight is 201 g/mol. The van der Waals surface area contributed by atoms with Crippen molar-refractivity contribution in [3.8, 4) is 0 Å². The van der Waals surface area contributed by atoms with Crippen molar-refractivity contribution in [2.24, 2.45) is 0 Å². The van der Waals surface area contributed by atoms with Crippen LogP contribution in [0.5, 0.6) is 0 Å². The third kappa shape index (κ3) is 10.0. The molecule has 0 amide bonds. The molecule has 14 heavy (non-hydrogen) atoms. The van der Waals surface area contributed by atoms with Gasteiger partial charge in [-0.05, 0) is 32.7 Å². The maximum Gasteiger partial charge on any atom is 0.0478 e. The Labute approximate surface area is 89.4 Å². The first-order valence-corrected chi connectivity index (χ1v) is 6.12. The number of rotatable bonds is 10. The number of hydrogen-bond acceptors (Lipinski definition) is 2. The molecule has 86 valence electrons. The molecule has 1 atom stereocenters. The highest BCUT2D eigenvalue weighted by Crippen LogP contribution is 1.99. The lowest BCUT2D eigenvalue weighted by molar-refractivity contribution is 0.131. The van der Waals surface area contributed by atoms with Crippen LogP contribution in [0.2, 0.25) is 0 Å². The lowest BCUT2D eigenvalue weighted by Gasteiger charge is -2.12. The normalized spacial score (nSPS) is 13.1. The van der Waals surface area contributed by atoms with Gasteiger partial charge in [-0.25, -0.2) is 0 Å². The summed E-state index contributed by atoms with van der Waals surface area (Å²) in [6.07, 6.45) is 6.19. The molecule has 0 heterocycles. The second-order valence-corrected chi connectivity index (χ2v) is 3.96. The predicted molar refractivity (Wildman–Crippen MR) is 62.7 cm³/mol. The SMILES string of the molecule is CCCCC(C)NCCCOCCC. The maximum atomic E-state index is 5.41. The highest BCUT2D eigenvalue weighted by atomic mass is 16.5. The van der Waals surface area contributed by atoms with Crippen molar-refractivity contribution in [1.82, 2.24) is 5.32 Å². The summed E-state index contributed by atoms with van der Waals surface area (Å²) in [5, 5.41) is 3.51. The summed E-state index contributed by atoms with van der Waals surface area (Å²) in [6, 6.07) is 0.668. The number of unbranched alkanes of at least 4 members (excludes halogenated alkanes) is 1. The van der Waals surface area contributed by atoms with Crippen LogP contribution < -0.4 is 5.32 Å². The van der Waals surface area contributed by atoms with Gasteiger partial charge in [-0.2, -0.15) is 0 Å². The van der Waals surface area contributed by atoms with Crippen LogP contribution in [0.25, 0.3) is 0 Å². The standard InChI is InChI=1S/C12H27NO/c1-4-6-8-12(3)13-9-7-11-14-10-5-2/h12-13H,4-11H2,1-3H3. The van der Waals surface area contributed by atoms with Crippen LogP contribution in [-0.4, -0.2) is 25.8 Å². The van der Waals surface area contributed by atoms with Crippen LogP contribution in [0.4, 0.5) is 0 Å². The molecule has 0 spiro atoms. The van der Waals surface area contributed by atoms with Gasteiger partial charge < -0.3 is 10.1 Å². The van der Waals surface area contributed by atoms with Gasteiger partial charge in [-0.3, -0.25) is 0 Å². The van der Waals surface area contributed by atoms with Gasteiger partial charge in [0, 0.05) is 19.3 Å². The van der Waals surface area contributed by atoms with Crippen molar-refractivity contribution >= 4 is 0 Å². The molecule has 0 aliphatic rings. The molecule has 0 aromatic carbocycles. The summed E-state index contributed by atoms with van der Waals surface area (Å²) in [7, 11) is 0. The second kappa shape index (κ2) is 11.0. The molecule has 0 saturated carbocycles. The number of nitrogens with one attached hydrogen (secondary N) is 1. The Kier molecular flexibility index (Phi) is 10.9. The Hall–Kier alpha value is -0.0800. The van der Waals surface area contributed by atoms with E-state index in [9.17, 15) is 0 Å². The molecule has 0 bridgehead atoms. The molecule has 0 aliphatic carbocycles. The van der Waals surface area contributed by atoms with Crippen LogP contribution in [0.3, 0.4) is 0 Å². The first-order chi connectivity index (χ1) is 6.81. The molecule has 0 fully saturated rings. The third-order valence-electron chi connectivity index (χ3n) is 2.30. The van der Waals surface area contributed by atoms with E-state index in [2.05, 4.69) is 26.1 Å². The fraction of sp³-hybridized carbons (Fsp3) is 1.00. The maximum absolute atomic E-state index is 5.41. The first-order valence-electron chi connectivity index (χ1n) is 6.12. The van der Waals surface area contributed by atoms with E-state index in [1.807, 2.05) is 0 Å². The van der Waals surface area contributed by atoms with Crippen LogP contribution in [0, 0.1) is 0 Å². The van der Waals surface area contributed by atoms with Gasteiger partial charge in [-0.1, -0.05) is 26.7 Å². The van der Waals surface area contributed by atoms with E-state index in [-0.39, 0.29) is 0 Å². The van der Waals surface area contributed by atoms with Gasteiger partial charge in [0.25, 0.3) is 0 Å². The molecule has 2 heteroatoms. The lowest BCUT2D eigenvalue weighted by Crippen LogP contribution is -2.27. The van der Waals surface area contributed by atoms with E-state index in [0.717, 1.165) is 32.6 Å². The Morgan fingerprint density at radius 3 is 2.50 bits per heavy atom. The second-order valence-electron chi connectivity index (χ2n) is 3.96. The van der Waals surface area contributed by atoms with E-state index >= 15 is 0 Å². The van der Waals surface area contributed by atoms with Crippen molar-refractivity contribution in [2.75, 3.05) is 19.8 Å². The van der Waals surface area contributed by atoms with Gasteiger partial charge >= 0.3 is 0 Å². The minimum absolute atomic E-state index is 0.668. The molecule has 2 nitrogen and oxygen atoms in total. The Bertz CT molecular complexity index is 106. The topological polar surface area (TPSA) is 21.3 Å². The van der Waals surface area contributed by atoms with E-state index in [4.69, 9.17) is 4.74 Å². The molecule has 0 aromatic heterocycles. The summed E-state index contributed by atoms with van der Waals surface area (Å²) in [5.74, 6) is 0. The summed E-state index contributed by atoms with van der Waals surface area (Å²) in [5.41, 5.74) is 0. The van der Waals surface area contributed by atoms with Gasteiger partial charge in [0.05, 0.1) is 0 Å². The fourth-order valence-corrected chi connectivity index (χ4v) is 1.38. The highest BCUT2D eigenvalue weighted by Gasteiger charge is 1.98. The molecule has 1 N–H and O–H groups in total. The molecular formula is C12H27NO.